The molecule has 1 fully saturated rings. The van der Waals surface area contributed by atoms with Gasteiger partial charge in [-0.2, -0.15) is 0 Å². The van der Waals surface area contributed by atoms with Gasteiger partial charge in [-0.05, 0) is 19.2 Å². The Labute approximate surface area is 124 Å². The van der Waals surface area contributed by atoms with Gasteiger partial charge in [0, 0.05) is 19.6 Å². The first kappa shape index (κ1) is 15.3. The van der Waals surface area contributed by atoms with Gasteiger partial charge in [-0.25, -0.2) is 0 Å². The van der Waals surface area contributed by atoms with Crippen molar-refractivity contribution in [3.8, 4) is 5.75 Å². The van der Waals surface area contributed by atoms with Gasteiger partial charge in [0.25, 0.3) is 0 Å². The van der Waals surface area contributed by atoms with E-state index in [1.165, 1.54) is 0 Å². The summed E-state index contributed by atoms with van der Waals surface area (Å²) in [5.74, 6) is 0.178. The topological polar surface area (TPSA) is 75.9 Å². The van der Waals surface area contributed by atoms with Gasteiger partial charge >= 0.3 is 0 Å². The van der Waals surface area contributed by atoms with Crippen molar-refractivity contribution in [2.24, 2.45) is 5.73 Å². The number of benzene rings is 1. The standard InChI is InChI=1S/C15H21N3O3/c1-17-8-9-18(13(11-17)15(16)20)14(19)7-10-21-12-5-3-2-4-6-12/h2-6,13H,7-11H2,1H3,(H2,16,20). The van der Waals surface area contributed by atoms with Crippen LogP contribution in [0.25, 0.3) is 0 Å². The quantitative estimate of drug-likeness (QED) is 0.834. The number of likely N-dealkylation sites (N-methyl/N-ethyl adjacent to an activating group) is 1. The van der Waals surface area contributed by atoms with Crippen LogP contribution in [0.15, 0.2) is 30.3 Å². The van der Waals surface area contributed by atoms with Crippen molar-refractivity contribution >= 4 is 11.8 Å². The molecule has 6 heteroatoms. The lowest BCUT2D eigenvalue weighted by Crippen LogP contribution is -2.59. The molecule has 2 amide bonds. The Hall–Kier alpha value is -2.08. The highest BCUT2D eigenvalue weighted by Crippen LogP contribution is 2.12. The second-order valence-corrected chi connectivity index (χ2v) is 5.18. The largest absolute Gasteiger partial charge is 0.493 e. The SMILES string of the molecule is CN1CCN(C(=O)CCOc2ccccc2)C(C(N)=O)C1. The summed E-state index contributed by atoms with van der Waals surface area (Å²) < 4.78 is 5.51. The number of carbonyl (C=O) groups is 2. The number of hydrogen-bond donors (Lipinski definition) is 1. The van der Waals surface area contributed by atoms with E-state index in [0.29, 0.717) is 19.7 Å². The Morgan fingerprint density at radius 1 is 1.29 bits per heavy atom. The van der Waals surface area contributed by atoms with Crippen LogP contribution in [0.4, 0.5) is 0 Å². The fraction of sp³-hybridized carbons (Fsp3) is 0.467. The van der Waals surface area contributed by atoms with Gasteiger partial charge in [0.15, 0.2) is 0 Å². The van der Waals surface area contributed by atoms with Crippen LogP contribution in [0.1, 0.15) is 6.42 Å². The molecule has 114 valence electrons. The van der Waals surface area contributed by atoms with Crippen LogP contribution < -0.4 is 10.5 Å². The van der Waals surface area contributed by atoms with E-state index in [1.54, 1.807) is 4.90 Å². The van der Waals surface area contributed by atoms with Crippen molar-refractivity contribution in [3.05, 3.63) is 30.3 Å². The molecule has 1 aliphatic rings. The summed E-state index contributed by atoms with van der Waals surface area (Å²) in [5.41, 5.74) is 5.39. The Bertz CT molecular complexity index is 492. The van der Waals surface area contributed by atoms with E-state index in [2.05, 4.69) is 0 Å². The minimum Gasteiger partial charge on any atom is -0.493 e. The fourth-order valence-electron chi connectivity index (χ4n) is 2.38. The second kappa shape index (κ2) is 7.08. The lowest BCUT2D eigenvalue weighted by molar-refractivity contribution is -0.142. The van der Waals surface area contributed by atoms with Gasteiger partial charge in [0.1, 0.15) is 11.8 Å². The average Bonchev–Trinajstić information content (AvgIpc) is 2.48. The van der Waals surface area contributed by atoms with Crippen molar-refractivity contribution < 1.29 is 14.3 Å². The van der Waals surface area contributed by atoms with Gasteiger partial charge in [-0.1, -0.05) is 18.2 Å². The number of para-hydroxylation sites is 1. The highest BCUT2D eigenvalue weighted by molar-refractivity contribution is 5.87. The number of piperazine rings is 1. The zero-order valence-corrected chi connectivity index (χ0v) is 12.2. The van der Waals surface area contributed by atoms with E-state index in [9.17, 15) is 9.59 Å². The van der Waals surface area contributed by atoms with E-state index in [0.717, 1.165) is 12.3 Å². The third-order valence-electron chi connectivity index (χ3n) is 3.56. The van der Waals surface area contributed by atoms with Crippen molar-refractivity contribution in [2.75, 3.05) is 33.3 Å². The number of rotatable bonds is 5. The number of ether oxygens (including phenoxy) is 1. The molecule has 0 spiro atoms. The third-order valence-corrected chi connectivity index (χ3v) is 3.56. The fourth-order valence-corrected chi connectivity index (χ4v) is 2.38. The molecule has 0 bridgehead atoms. The molecule has 2 rings (SSSR count). The third kappa shape index (κ3) is 4.19. The number of carbonyl (C=O) groups excluding carboxylic acids is 2. The maximum Gasteiger partial charge on any atom is 0.241 e. The Kier molecular flexibility index (Phi) is 5.16. The van der Waals surface area contributed by atoms with Crippen LogP contribution in [0.3, 0.4) is 0 Å². The van der Waals surface area contributed by atoms with Crippen LogP contribution >= 0.6 is 0 Å². The van der Waals surface area contributed by atoms with Gasteiger partial charge in [0.05, 0.1) is 13.0 Å². The molecule has 0 aliphatic carbocycles. The first-order valence-electron chi connectivity index (χ1n) is 7.03. The molecular weight excluding hydrogens is 270 g/mol. The van der Waals surface area contributed by atoms with Crippen LogP contribution in [0, 0.1) is 0 Å². The second-order valence-electron chi connectivity index (χ2n) is 5.18. The van der Waals surface area contributed by atoms with E-state index in [4.69, 9.17) is 10.5 Å². The van der Waals surface area contributed by atoms with Gasteiger partial charge in [-0.15, -0.1) is 0 Å². The van der Waals surface area contributed by atoms with Crippen LogP contribution in [-0.2, 0) is 9.59 Å². The summed E-state index contributed by atoms with van der Waals surface area (Å²) in [6, 6.07) is 8.79. The molecule has 1 aromatic rings. The number of amides is 2. The Morgan fingerprint density at radius 2 is 2.00 bits per heavy atom. The van der Waals surface area contributed by atoms with Crippen LogP contribution in [0.5, 0.6) is 5.75 Å². The molecule has 1 aromatic carbocycles. The van der Waals surface area contributed by atoms with Crippen LogP contribution in [0.2, 0.25) is 0 Å². The predicted octanol–water partition coefficient (Wildman–Crippen LogP) is 0.0834. The molecular formula is C15H21N3O3. The van der Waals surface area contributed by atoms with Crippen molar-refractivity contribution in [1.82, 2.24) is 9.80 Å². The molecule has 2 N–H and O–H groups in total. The summed E-state index contributed by atoms with van der Waals surface area (Å²) in [4.78, 5) is 27.3. The van der Waals surface area contributed by atoms with Gasteiger partial charge < -0.3 is 20.3 Å². The van der Waals surface area contributed by atoms with E-state index >= 15 is 0 Å². The predicted molar refractivity (Wildman–Crippen MR) is 78.7 cm³/mol. The molecule has 1 saturated heterocycles. The monoisotopic (exact) mass is 291 g/mol. The first-order valence-corrected chi connectivity index (χ1v) is 7.03. The molecule has 1 atom stereocenters. The molecule has 6 nitrogen and oxygen atoms in total. The molecule has 21 heavy (non-hydrogen) atoms. The zero-order valence-electron chi connectivity index (χ0n) is 12.2. The summed E-state index contributed by atoms with van der Waals surface area (Å²) in [6.07, 6.45) is 0.238. The maximum absolute atomic E-state index is 12.2. The summed E-state index contributed by atoms with van der Waals surface area (Å²) in [6.45, 7) is 2.05. The average molecular weight is 291 g/mol. The summed E-state index contributed by atoms with van der Waals surface area (Å²) >= 11 is 0. The normalized spacial score (nSPS) is 19.3. The number of nitrogens with zero attached hydrogens (tertiary/aromatic N) is 2. The highest BCUT2D eigenvalue weighted by atomic mass is 16.5. The van der Waals surface area contributed by atoms with Crippen LogP contribution in [-0.4, -0.2) is 60.9 Å². The first-order chi connectivity index (χ1) is 10.1. The number of hydrogen-bond acceptors (Lipinski definition) is 4. The summed E-state index contributed by atoms with van der Waals surface area (Å²) in [5, 5.41) is 0. The number of primary amides is 1. The molecule has 0 radical (unpaired) electrons. The van der Waals surface area contributed by atoms with E-state index < -0.39 is 11.9 Å². The van der Waals surface area contributed by atoms with E-state index in [-0.39, 0.29) is 12.3 Å². The van der Waals surface area contributed by atoms with Gasteiger partial charge in [0.2, 0.25) is 11.8 Å². The maximum atomic E-state index is 12.2. The Balaban J connectivity index is 1.85. The number of nitrogens with two attached hydrogens (primary N) is 1. The van der Waals surface area contributed by atoms with E-state index in [1.807, 2.05) is 42.3 Å². The smallest absolute Gasteiger partial charge is 0.241 e. The van der Waals surface area contributed by atoms with Crippen molar-refractivity contribution in [3.63, 3.8) is 0 Å². The molecule has 1 heterocycles. The Morgan fingerprint density at radius 3 is 2.67 bits per heavy atom. The molecule has 0 aromatic heterocycles. The lowest BCUT2D eigenvalue weighted by Gasteiger charge is -2.38. The van der Waals surface area contributed by atoms with Gasteiger partial charge in [-0.3, -0.25) is 9.59 Å². The minimum atomic E-state index is -0.548. The van der Waals surface area contributed by atoms with Crippen molar-refractivity contribution in [1.29, 1.82) is 0 Å². The summed E-state index contributed by atoms with van der Waals surface area (Å²) in [7, 11) is 1.91. The zero-order chi connectivity index (χ0) is 15.2. The molecule has 0 saturated carbocycles. The lowest BCUT2D eigenvalue weighted by atomic mass is 10.1. The molecule has 1 unspecified atom stereocenters. The highest BCUT2D eigenvalue weighted by Gasteiger charge is 2.32. The molecule has 1 aliphatic heterocycles. The minimum absolute atomic E-state index is 0.0946. The van der Waals surface area contributed by atoms with Crippen molar-refractivity contribution in [2.45, 2.75) is 12.5 Å².